The number of carbonyl (C=O) groups excluding carboxylic acids is 1. The van der Waals surface area contributed by atoms with Gasteiger partial charge in [0.15, 0.2) is 0 Å². The molecule has 0 unspecified atom stereocenters. The first-order valence-corrected chi connectivity index (χ1v) is 8.20. The number of amides is 1. The summed E-state index contributed by atoms with van der Waals surface area (Å²) >= 11 is 0. The molecule has 27 heavy (non-hydrogen) atoms. The van der Waals surface area contributed by atoms with Gasteiger partial charge in [0.25, 0.3) is 11.5 Å². The Morgan fingerprint density at radius 1 is 1.19 bits per heavy atom. The molecule has 0 bridgehead atoms. The molecule has 0 aliphatic heterocycles. The highest BCUT2D eigenvalue weighted by Gasteiger charge is 2.12. The standard InChI is InChI=1S/C20H18N4O3/c1-27-17-6-2-5-15(10-17)19(21)23-20(26)16-7-8-18(25)24(13-16)12-14-4-3-9-22-11-14/h2-11,13H,12H2,1H3,(H2,21,23,26). The molecule has 0 saturated carbocycles. The number of carbonyl (C=O) groups is 1. The Morgan fingerprint density at radius 2 is 2.04 bits per heavy atom. The van der Waals surface area contributed by atoms with Crippen molar-refractivity contribution in [3.63, 3.8) is 0 Å². The molecule has 2 aromatic heterocycles. The van der Waals surface area contributed by atoms with Gasteiger partial charge in [0.05, 0.1) is 19.2 Å². The van der Waals surface area contributed by atoms with Crippen LogP contribution >= 0.6 is 0 Å². The molecule has 0 aliphatic carbocycles. The zero-order valence-electron chi connectivity index (χ0n) is 14.7. The van der Waals surface area contributed by atoms with Crippen molar-refractivity contribution < 1.29 is 9.53 Å². The van der Waals surface area contributed by atoms with Gasteiger partial charge in [-0.15, -0.1) is 0 Å². The topological polar surface area (TPSA) is 97.1 Å². The van der Waals surface area contributed by atoms with Crippen molar-refractivity contribution in [2.45, 2.75) is 6.54 Å². The molecule has 7 nitrogen and oxygen atoms in total. The number of benzene rings is 1. The van der Waals surface area contributed by atoms with Crippen LogP contribution in [0.2, 0.25) is 0 Å². The predicted molar refractivity (Wildman–Crippen MR) is 101 cm³/mol. The highest BCUT2D eigenvalue weighted by atomic mass is 16.5. The fourth-order valence-corrected chi connectivity index (χ4v) is 2.51. The molecule has 3 aromatic rings. The van der Waals surface area contributed by atoms with Crippen LogP contribution in [0, 0.1) is 5.41 Å². The second-order valence-electron chi connectivity index (χ2n) is 5.81. The molecule has 0 saturated heterocycles. The summed E-state index contributed by atoms with van der Waals surface area (Å²) in [7, 11) is 1.53. The molecular formula is C20H18N4O3. The Labute approximate surface area is 155 Å². The van der Waals surface area contributed by atoms with E-state index in [4.69, 9.17) is 10.1 Å². The van der Waals surface area contributed by atoms with Gasteiger partial charge in [-0.2, -0.15) is 0 Å². The summed E-state index contributed by atoms with van der Waals surface area (Å²) < 4.78 is 6.56. The first kappa shape index (κ1) is 18.1. The Bertz CT molecular complexity index is 1030. The third kappa shape index (κ3) is 4.46. The predicted octanol–water partition coefficient (Wildman–Crippen LogP) is 2.06. The van der Waals surface area contributed by atoms with Crippen LogP contribution in [-0.4, -0.2) is 28.4 Å². The lowest BCUT2D eigenvalue weighted by Crippen LogP contribution is -2.32. The van der Waals surface area contributed by atoms with Crippen LogP contribution in [0.1, 0.15) is 21.5 Å². The molecule has 1 aromatic carbocycles. The van der Waals surface area contributed by atoms with E-state index in [2.05, 4.69) is 10.3 Å². The minimum atomic E-state index is -0.470. The average molecular weight is 362 g/mol. The second kappa shape index (κ2) is 8.09. The fourth-order valence-electron chi connectivity index (χ4n) is 2.51. The first-order chi connectivity index (χ1) is 13.1. The summed E-state index contributed by atoms with van der Waals surface area (Å²) in [5.74, 6) is 0.0724. The van der Waals surface area contributed by atoms with Crippen molar-refractivity contribution in [1.82, 2.24) is 14.9 Å². The van der Waals surface area contributed by atoms with Gasteiger partial charge in [-0.05, 0) is 29.8 Å². The van der Waals surface area contributed by atoms with Gasteiger partial charge < -0.3 is 14.6 Å². The molecule has 0 spiro atoms. The van der Waals surface area contributed by atoms with Crippen LogP contribution in [0.3, 0.4) is 0 Å². The number of nitrogens with one attached hydrogen (secondary N) is 2. The number of methoxy groups -OCH3 is 1. The lowest BCUT2D eigenvalue weighted by molar-refractivity contribution is 0.0976. The normalized spacial score (nSPS) is 10.3. The van der Waals surface area contributed by atoms with Crippen molar-refractivity contribution in [3.05, 3.63) is 94.2 Å². The largest absolute Gasteiger partial charge is 0.497 e. The van der Waals surface area contributed by atoms with Crippen LogP contribution in [-0.2, 0) is 6.54 Å². The number of nitrogens with zero attached hydrogens (tertiary/aromatic N) is 2. The van der Waals surface area contributed by atoms with Gasteiger partial charge in [0, 0.05) is 30.2 Å². The zero-order valence-corrected chi connectivity index (χ0v) is 14.7. The molecule has 0 atom stereocenters. The molecule has 2 N–H and O–H groups in total. The van der Waals surface area contributed by atoms with E-state index in [1.807, 2.05) is 6.07 Å². The first-order valence-electron chi connectivity index (χ1n) is 8.20. The number of amidine groups is 1. The summed E-state index contributed by atoms with van der Waals surface area (Å²) in [6.07, 6.45) is 4.79. The van der Waals surface area contributed by atoms with Crippen LogP contribution in [0.25, 0.3) is 0 Å². The van der Waals surface area contributed by atoms with Crippen molar-refractivity contribution in [2.75, 3.05) is 7.11 Å². The van der Waals surface area contributed by atoms with E-state index in [0.717, 1.165) is 5.56 Å². The molecule has 136 valence electrons. The van der Waals surface area contributed by atoms with Crippen molar-refractivity contribution in [3.8, 4) is 5.75 Å². The monoisotopic (exact) mass is 362 g/mol. The number of aromatic nitrogens is 2. The molecule has 0 aliphatic rings. The van der Waals surface area contributed by atoms with E-state index in [0.29, 0.717) is 17.9 Å². The maximum Gasteiger partial charge on any atom is 0.258 e. The van der Waals surface area contributed by atoms with E-state index in [-0.39, 0.29) is 17.0 Å². The Morgan fingerprint density at radius 3 is 2.78 bits per heavy atom. The molecule has 0 fully saturated rings. The van der Waals surface area contributed by atoms with Crippen molar-refractivity contribution >= 4 is 11.7 Å². The summed E-state index contributed by atoms with van der Waals surface area (Å²) in [4.78, 5) is 28.6. The maximum atomic E-state index is 12.5. The SMILES string of the molecule is COc1cccc(C(=N)NC(=O)c2ccc(=O)n(Cc3cccnc3)c2)c1. The summed E-state index contributed by atoms with van der Waals surface area (Å²) in [5, 5.41) is 10.6. The number of ether oxygens (including phenoxy) is 1. The number of hydrogen-bond acceptors (Lipinski definition) is 5. The average Bonchev–Trinajstić information content (AvgIpc) is 2.70. The van der Waals surface area contributed by atoms with Crippen LogP contribution in [0.15, 0.2) is 71.9 Å². The van der Waals surface area contributed by atoms with Gasteiger partial charge in [0.2, 0.25) is 0 Å². The van der Waals surface area contributed by atoms with Gasteiger partial charge in [-0.1, -0.05) is 18.2 Å². The quantitative estimate of drug-likeness (QED) is 0.536. The molecular weight excluding hydrogens is 344 g/mol. The summed E-state index contributed by atoms with van der Waals surface area (Å²) in [6.45, 7) is 0.307. The van der Waals surface area contributed by atoms with Crippen LogP contribution in [0.4, 0.5) is 0 Å². The Kier molecular flexibility index (Phi) is 5.41. The minimum absolute atomic E-state index is 0.0519. The number of rotatable bonds is 5. The van der Waals surface area contributed by atoms with E-state index < -0.39 is 5.91 Å². The summed E-state index contributed by atoms with van der Waals surface area (Å²) in [5.41, 5.74) is 1.43. The third-order valence-corrected chi connectivity index (χ3v) is 3.92. The molecule has 0 radical (unpaired) electrons. The molecule has 2 heterocycles. The van der Waals surface area contributed by atoms with Crippen LogP contribution in [0.5, 0.6) is 5.75 Å². The molecule has 3 rings (SSSR count). The highest BCUT2D eigenvalue weighted by molar-refractivity contribution is 6.11. The van der Waals surface area contributed by atoms with E-state index >= 15 is 0 Å². The summed E-state index contributed by atoms with van der Waals surface area (Å²) in [6, 6.07) is 13.3. The molecule has 1 amide bonds. The van der Waals surface area contributed by atoms with Gasteiger partial charge in [0.1, 0.15) is 11.6 Å². The van der Waals surface area contributed by atoms with E-state index in [1.54, 1.807) is 42.7 Å². The van der Waals surface area contributed by atoms with E-state index in [9.17, 15) is 9.59 Å². The van der Waals surface area contributed by atoms with Crippen LogP contribution < -0.4 is 15.6 Å². The van der Waals surface area contributed by atoms with Gasteiger partial charge in [-0.3, -0.25) is 20.0 Å². The Balaban J connectivity index is 1.77. The lowest BCUT2D eigenvalue weighted by atomic mass is 10.2. The van der Waals surface area contributed by atoms with E-state index in [1.165, 1.54) is 30.0 Å². The number of hydrogen-bond donors (Lipinski definition) is 2. The fraction of sp³-hybridized carbons (Fsp3) is 0.100. The van der Waals surface area contributed by atoms with Gasteiger partial charge in [-0.25, -0.2) is 0 Å². The maximum absolute atomic E-state index is 12.5. The minimum Gasteiger partial charge on any atom is -0.497 e. The number of pyridine rings is 2. The lowest BCUT2D eigenvalue weighted by Gasteiger charge is -2.10. The van der Waals surface area contributed by atoms with Crippen molar-refractivity contribution in [2.24, 2.45) is 0 Å². The zero-order chi connectivity index (χ0) is 19.2. The Hall–Kier alpha value is -3.74. The second-order valence-corrected chi connectivity index (χ2v) is 5.81. The van der Waals surface area contributed by atoms with Gasteiger partial charge >= 0.3 is 0 Å². The molecule has 7 heteroatoms. The van der Waals surface area contributed by atoms with Crippen molar-refractivity contribution in [1.29, 1.82) is 5.41 Å². The smallest absolute Gasteiger partial charge is 0.258 e. The third-order valence-electron chi connectivity index (χ3n) is 3.92. The highest BCUT2D eigenvalue weighted by Crippen LogP contribution is 2.12.